The number of rotatable bonds is 28. The maximum atomic E-state index is 13.0. The van der Waals surface area contributed by atoms with Crippen molar-refractivity contribution in [1.29, 1.82) is 0 Å². The van der Waals surface area contributed by atoms with E-state index in [4.69, 9.17) is 41.7 Å². The molecule has 0 unspecified atom stereocenters. The van der Waals surface area contributed by atoms with Gasteiger partial charge in [-0.3, -0.25) is 27.5 Å². The predicted octanol–water partition coefficient (Wildman–Crippen LogP) is 19.7. The first-order valence-corrected chi connectivity index (χ1v) is 51.0. The molecule has 0 aliphatic rings. The Kier molecular flexibility index (Phi) is 30.6. The van der Waals surface area contributed by atoms with Crippen LogP contribution >= 0.6 is 15.2 Å². The van der Waals surface area contributed by atoms with Crippen molar-refractivity contribution in [2.45, 2.75) is 65.7 Å². The molecule has 0 spiro atoms. The number of phenolic OH excluding ortho intramolecular Hbond substituents is 1. The zero-order chi connectivity index (χ0) is 84.2. The summed E-state index contributed by atoms with van der Waals surface area (Å²) in [7, 11) is -20.4. The molecule has 3 heterocycles. The Balaban J connectivity index is 0.000000176. The fourth-order valence-corrected chi connectivity index (χ4v) is 17.1. The fourth-order valence-electron chi connectivity index (χ4n) is 11.4. The molecule has 0 aliphatic carbocycles. The van der Waals surface area contributed by atoms with Crippen molar-refractivity contribution in [3.63, 3.8) is 0 Å². The van der Waals surface area contributed by atoms with Crippen molar-refractivity contribution in [2.75, 3.05) is 95.1 Å². The van der Waals surface area contributed by atoms with E-state index in [0.29, 0.717) is 34.2 Å². The Morgan fingerprint density at radius 2 is 0.672 bits per heavy atom. The Hall–Kier alpha value is -10.3. The molecule has 0 amide bonds. The summed E-state index contributed by atoms with van der Waals surface area (Å²) in [6, 6.07) is 67.6. The Labute approximate surface area is 678 Å². The number of hydrogen-bond donors (Lipinski definition) is 7. The first-order valence-electron chi connectivity index (χ1n) is 36.5. The van der Waals surface area contributed by atoms with Gasteiger partial charge in [0.2, 0.25) is 30.1 Å². The van der Waals surface area contributed by atoms with E-state index in [1.807, 2.05) is 153 Å². The molecular formula is C82H95N9O18P2S4Si. The predicted molar refractivity (Wildman–Crippen MR) is 471 cm³/mol. The number of nitrogens with zero attached hydrogens (tertiary/aromatic N) is 3. The molecule has 3 aromatic heterocycles. The van der Waals surface area contributed by atoms with Crippen LogP contribution in [0.1, 0.15) is 33.3 Å². The topological polar surface area (TPSA) is 366 Å². The number of phenols is 1. The highest BCUT2D eigenvalue weighted by Gasteiger charge is 2.30. The third-order valence-corrected chi connectivity index (χ3v) is 22.8. The molecule has 0 fully saturated rings. The minimum absolute atomic E-state index is 0.00245. The molecule has 34 heteroatoms. The van der Waals surface area contributed by atoms with Crippen LogP contribution in [0.4, 0.5) is 51.2 Å². The van der Waals surface area contributed by atoms with Crippen LogP contribution < -0.4 is 39.6 Å². The van der Waals surface area contributed by atoms with Crippen molar-refractivity contribution in [3.05, 3.63) is 230 Å². The Bertz CT molecular complexity index is 6050. The van der Waals surface area contributed by atoms with Gasteiger partial charge in [0.25, 0.3) is 10.1 Å². The van der Waals surface area contributed by atoms with Gasteiger partial charge in [0.05, 0.1) is 141 Å². The van der Waals surface area contributed by atoms with Crippen LogP contribution in [0.2, 0.25) is 26.2 Å². The van der Waals surface area contributed by atoms with Crippen molar-refractivity contribution >= 4 is 180 Å². The fraction of sp³-hybridized carbons (Fsp3) is 0.232. The van der Waals surface area contributed by atoms with Crippen LogP contribution in [0.25, 0.3) is 65.4 Å². The first kappa shape index (κ1) is 89.6. The minimum atomic E-state index is -3.98. The summed E-state index contributed by atoms with van der Waals surface area (Å²) in [6.07, 6.45) is 2.26. The molecule has 0 saturated heterocycles. The van der Waals surface area contributed by atoms with Crippen molar-refractivity contribution in [1.82, 2.24) is 15.0 Å². The number of pyridine rings is 3. The molecule has 0 aliphatic heterocycles. The van der Waals surface area contributed by atoms with E-state index >= 15 is 0 Å². The van der Waals surface area contributed by atoms with Gasteiger partial charge in [-0.05, 0) is 120 Å². The molecule has 13 aromatic rings. The number of ether oxygens (including phenoxy) is 2. The zero-order valence-corrected chi connectivity index (χ0v) is 72.4. The number of fused-ring (bicyclic) bond motifs is 6. The summed E-state index contributed by atoms with van der Waals surface area (Å²) < 4.78 is 162. The summed E-state index contributed by atoms with van der Waals surface area (Å²) in [5.74, 6) is 0.737. The minimum Gasteiger partial charge on any atom is -0.506 e. The Morgan fingerprint density at radius 1 is 0.388 bits per heavy atom. The smallest absolute Gasteiger partial charge is 0.367 e. The lowest BCUT2D eigenvalue weighted by Gasteiger charge is -2.20. The van der Waals surface area contributed by atoms with Gasteiger partial charge in [0.15, 0.2) is 12.7 Å². The van der Waals surface area contributed by atoms with E-state index in [1.54, 1.807) is 89.4 Å². The van der Waals surface area contributed by atoms with Gasteiger partial charge in [-0.1, -0.05) is 153 Å². The molecular weight excluding hydrogens is 1620 g/mol. The Morgan fingerprint density at radius 3 is 0.983 bits per heavy atom. The molecule has 27 nitrogen and oxygen atoms in total. The van der Waals surface area contributed by atoms with Gasteiger partial charge in [-0.2, -0.15) is 8.42 Å². The van der Waals surface area contributed by atoms with E-state index < -0.39 is 69.8 Å². The van der Waals surface area contributed by atoms with E-state index in [9.17, 15) is 47.9 Å². The van der Waals surface area contributed by atoms with E-state index in [-0.39, 0.29) is 49.2 Å². The van der Waals surface area contributed by atoms with Crippen LogP contribution in [-0.2, 0) is 71.6 Å². The van der Waals surface area contributed by atoms with Gasteiger partial charge in [0.1, 0.15) is 17.2 Å². The lowest BCUT2D eigenvalue weighted by atomic mass is 10.1. The van der Waals surface area contributed by atoms with E-state index in [2.05, 4.69) is 61.3 Å². The number of methoxy groups -OCH3 is 1. The molecule has 116 heavy (non-hydrogen) atoms. The van der Waals surface area contributed by atoms with Crippen LogP contribution in [0, 0.1) is 6.92 Å². The maximum Gasteiger partial charge on any atom is 0.367 e. The summed E-state index contributed by atoms with van der Waals surface area (Å²) in [6.45, 7) is 18.5. The number of benzene rings is 10. The summed E-state index contributed by atoms with van der Waals surface area (Å²) in [5, 5.41) is 26.2. The van der Waals surface area contributed by atoms with Crippen molar-refractivity contribution in [3.8, 4) is 17.2 Å². The van der Waals surface area contributed by atoms with E-state index in [0.717, 1.165) is 112 Å². The van der Waals surface area contributed by atoms with Gasteiger partial charge in [-0.25, -0.2) is 40.2 Å². The second-order valence-corrected chi connectivity index (χ2v) is 44.5. The van der Waals surface area contributed by atoms with Crippen LogP contribution in [-0.4, -0.2) is 127 Å². The van der Waals surface area contributed by atoms with Gasteiger partial charge < -0.3 is 48.6 Å². The SMILES string of the molecule is CCOP(=O)(COS(=O)(=O)c1ccc(C)cc1)OCC.CCOP(=O)(COc1cc(NS(C)(=O)=O)ccc1Nc1c2ccccc2nc2ccccc12)OCC.COc1cc(NS(C)(=O)=O)ccc1Nc1c2ccccc2nc2ccccc12.CS(=O)(=O)Nc1ccc(Nc2c3ccccc3nc3ccccc23)c(O)c1.C[Si](C)(C)C. The molecule has 10 aromatic carbocycles. The van der Waals surface area contributed by atoms with Crippen molar-refractivity contribution < 1.29 is 79.7 Å². The van der Waals surface area contributed by atoms with Crippen LogP contribution in [0.5, 0.6) is 17.2 Å². The summed E-state index contributed by atoms with van der Waals surface area (Å²) in [4.78, 5) is 14.2. The molecule has 0 atom stereocenters. The third-order valence-electron chi connectivity index (χ3n) is 16.0. The van der Waals surface area contributed by atoms with Gasteiger partial charge in [-0.15, -0.1) is 0 Å². The first-order chi connectivity index (χ1) is 54.9. The largest absolute Gasteiger partial charge is 0.506 e. The number of sulfonamides is 3. The highest BCUT2D eigenvalue weighted by molar-refractivity contribution is 7.92. The number of anilines is 9. The van der Waals surface area contributed by atoms with Crippen LogP contribution in [0.15, 0.2) is 229 Å². The summed E-state index contributed by atoms with van der Waals surface area (Å²) in [5.41, 5.74) is 11.3. The number of para-hydroxylation sites is 6. The molecule has 7 N–H and O–H groups in total. The standard InChI is InChI=1S/C25H28N3O6PS.C21H19N3O3S.C20H17N3O3S.C12H19O6PS.C4H12Si/c1-4-33-35(29,34-5-2)17-32-24-16-18(28-36(3,30)31)14-15-23(24)27-25-19-10-6-8-12-21(19)26-22-13-9-7-11-20(22)25;1-27-20-13-14(24-28(2,25)26)11-12-19(20)23-21-15-7-3-5-9-17(15)22-18-10-6-4-8-16(18)21;1-27(25,26)23-13-10-11-18(19(24)12-13)22-20-14-6-2-4-8-16(14)21-17-9-5-3-7-15(17)20;1-4-16-19(13,17-5-2)10-18-20(14,15)12-8-6-11(3)7-9-12;1-5(2,3)4/h6-16,28H,4-5,17H2,1-3H3,(H,26,27);3-13,24H,1-2H3,(H,22,23);2-12,23-24H,1H3,(H,21,22);6-9H,4-5,10H2,1-3H3;1-4H3. The van der Waals surface area contributed by atoms with E-state index in [1.165, 1.54) is 24.3 Å². The number of hydrogen-bond acceptors (Lipinski definition) is 24. The zero-order valence-electron chi connectivity index (χ0n) is 66.4. The molecule has 0 saturated carbocycles. The number of aryl methyl sites for hydroxylation is 1. The highest BCUT2D eigenvalue weighted by atomic mass is 32.2. The third kappa shape index (κ3) is 26.1. The van der Waals surface area contributed by atoms with Crippen LogP contribution in [0.3, 0.4) is 0 Å². The second-order valence-electron chi connectivity index (χ2n) is 27.6. The number of nitrogens with one attached hydrogen (secondary N) is 6. The lowest BCUT2D eigenvalue weighted by molar-refractivity contribution is 0.197. The van der Waals surface area contributed by atoms with Gasteiger partial charge >= 0.3 is 15.2 Å². The summed E-state index contributed by atoms with van der Waals surface area (Å²) >= 11 is 0. The number of aromatic nitrogens is 3. The normalized spacial score (nSPS) is 11.9. The molecule has 0 radical (unpaired) electrons. The van der Waals surface area contributed by atoms with Gasteiger partial charge in [0, 0.05) is 58.6 Å². The molecule has 0 bridgehead atoms. The van der Waals surface area contributed by atoms with Crippen molar-refractivity contribution in [2.24, 2.45) is 0 Å². The monoisotopic (exact) mass is 1710 g/mol. The highest BCUT2D eigenvalue weighted by Crippen LogP contribution is 2.50. The average molecular weight is 1710 g/mol. The number of aromatic hydroxyl groups is 1. The maximum absolute atomic E-state index is 13.0. The molecule has 13 rings (SSSR count). The molecule has 614 valence electrons. The average Bonchev–Trinajstić information content (AvgIpc) is 0.778. The quantitative estimate of drug-likeness (QED) is 0.00787. The second kappa shape index (κ2) is 39.6. The lowest BCUT2D eigenvalue weighted by Crippen LogP contribution is -2.11.